The Bertz CT molecular complexity index is 2370. The Hall–Kier alpha value is -6.80. The second-order valence-electron chi connectivity index (χ2n) is 20.9. The molecule has 77 heavy (non-hydrogen) atoms. The minimum Gasteiger partial charge on any atom is -0.508 e. The molecule has 2 aromatic rings. The number of carboxylic acid groups (broad SMARTS) is 1. The van der Waals surface area contributed by atoms with Gasteiger partial charge in [0.2, 0.25) is 53.2 Å². The Labute approximate surface area is 453 Å². The number of phenols is 1. The third kappa shape index (κ3) is 18.4. The number of rotatable bonds is 28. The van der Waals surface area contributed by atoms with Crippen molar-refractivity contribution < 1.29 is 63.3 Å². The number of H-pyrrole nitrogens is 1. The molecule has 0 spiro atoms. The van der Waals surface area contributed by atoms with Crippen molar-refractivity contribution in [3.05, 3.63) is 48.0 Å². The second-order valence-corrected chi connectivity index (χ2v) is 21.2. The predicted molar refractivity (Wildman–Crippen MR) is 283 cm³/mol. The van der Waals surface area contributed by atoms with Gasteiger partial charge in [0, 0.05) is 43.6 Å². The number of aromatic amines is 1. The molecule has 0 saturated carbocycles. The van der Waals surface area contributed by atoms with Crippen molar-refractivity contribution >= 4 is 71.8 Å². The molecule has 9 amide bonds. The number of hydrogen-bond acceptors (Lipinski definition) is 15. The van der Waals surface area contributed by atoms with E-state index in [0.29, 0.717) is 43.4 Å². The minimum absolute atomic E-state index is 0.0112. The van der Waals surface area contributed by atoms with Crippen LogP contribution < -0.4 is 43.0 Å². The average Bonchev–Trinajstić information content (AvgIpc) is 4.20. The summed E-state index contributed by atoms with van der Waals surface area (Å²) in [6, 6.07) is -6.42. The highest BCUT2D eigenvalue weighted by Crippen LogP contribution is 2.27. The molecule has 0 radical (unpaired) electrons. The lowest BCUT2D eigenvalue weighted by molar-refractivity contribution is -0.148. The van der Waals surface area contributed by atoms with Gasteiger partial charge in [0.05, 0.1) is 19.0 Å². The maximum atomic E-state index is 14.4. The van der Waals surface area contributed by atoms with E-state index in [1.165, 1.54) is 53.5 Å². The van der Waals surface area contributed by atoms with Gasteiger partial charge >= 0.3 is 5.97 Å². The highest BCUT2D eigenvalue weighted by atomic mass is 32.1. The number of carbonyl (C=O) groups is 10. The van der Waals surface area contributed by atoms with E-state index < -0.39 is 132 Å². The summed E-state index contributed by atoms with van der Waals surface area (Å²) in [6.07, 6.45) is 4.68. The van der Waals surface area contributed by atoms with Gasteiger partial charge in [0.15, 0.2) is 0 Å². The van der Waals surface area contributed by atoms with Crippen molar-refractivity contribution in [2.75, 3.05) is 25.4 Å². The fourth-order valence-corrected chi connectivity index (χ4v) is 9.37. The molecule has 10 atom stereocenters. The van der Waals surface area contributed by atoms with E-state index in [-0.39, 0.29) is 55.7 Å². The van der Waals surface area contributed by atoms with Gasteiger partial charge in [-0.3, -0.25) is 43.2 Å². The van der Waals surface area contributed by atoms with E-state index in [0.717, 1.165) is 0 Å². The number of nitrogens with zero attached hydrogens (tertiary/aromatic N) is 3. The number of likely N-dealkylation sites (tertiary alicyclic amines) is 2. The molecule has 2 aliphatic rings. The van der Waals surface area contributed by atoms with E-state index in [1.54, 1.807) is 13.8 Å². The number of thiol groups is 1. The molecule has 26 heteroatoms. The van der Waals surface area contributed by atoms with Gasteiger partial charge in [-0.05, 0) is 80.9 Å². The molecule has 25 nitrogen and oxygen atoms in total. The number of amides is 9. The summed E-state index contributed by atoms with van der Waals surface area (Å²) in [5.41, 5.74) is 7.07. The van der Waals surface area contributed by atoms with Crippen LogP contribution in [0.2, 0.25) is 0 Å². The van der Waals surface area contributed by atoms with Crippen LogP contribution in [0.15, 0.2) is 36.8 Å². The fourth-order valence-electron chi connectivity index (χ4n) is 9.12. The topological polar surface area (TPSA) is 377 Å². The molecule has 3 heterocycles. The molecular weight excluding hydrogens is 1020 g/mol. The smallest absolute Gasteiger partial charge is 0.326 e. The van der Waals surface area contributed by atoms with Gasteiger partial charge in [0.1, 0.15) is 60.1 Å². The second kappa shape index (κ2) is 29.6. The number of hydrogen-bond donors (Lipinski definition) is 13. The van der Waals surface area contributed by atoms with Crippen molar-refractivity contribution in [3.63, 3.8) is 0 Å². The number of aliphatic carboxylic acids is 1. The Kier molecular flexibility index (Phi) is 24.2. The standard InChI is InChI=1S/C51H78N12O13S/c1-26(2)18-33(52)43(67)58-36(19-27(3)4)49(73)63-17-9-11-40(63)50(74)62-16-8-10-39(62)48(72)57-34(20-30-12-14-32(65)15-13-30)44(68)55-29(7)42(66)59-37(23-64)46(70)60-38(24-77)47(71)56-35(21-31-22-53-25-54-31)45(69)61-41(28(5)6)51(75)76/h12-15,22,25-29,33-41,64-65,77H,8-11,16-21,23-24,52H2,1-7H3,(H,53,54)(H,55,68)(H,56,71)(H,57,72)(H,58,67)(H,59,66)(H,60,70)(H,61,69)(H,75,76)/t29-,33-,34-,35-,36-,37-,38-,39-,40-,41-/m0/s1. The van der Waals surface area contributed by atoms with Gasteiger partial charge in [-0.2, -0.15) is 12.6 Å². The number of phenolic OH excluding ortho intramolecular Hbond substituents is 1. The lowest BCUT2D eigenvalue weighted by atomic mass is 10.00. The monoisotopic (exact) mass is 1100 g/mol. The zero-order valence-corrected chi connectivity index (χ0v) is 45.6. The maximum absolute atomic E-state index is 14.4. The average molecular weight is 1100 g/mol. The lowest BCUT2D eigenvalue weighted by Gasteiger charge is -2.34. The molecule has 2 fully saturated rings. The van der Waals surface area contributed by atoms with Crippen LogP contribution in [0, 0.1) is 17.8 Å². The minimum atomic E-state index is -1.68. The Morgan fingerprint density at radius 2 is 1.22 bits per heavy atom. The molecule has 0 unspecified atom stereocenters. The quantitative estimate of drug-likeness (QED) is 0.0426. The highest BCUT2D eigenvalue weighted by Gasteiger charge is 2.45. The molecule has 0 aliphatic carbocycles. The summed E-state index contributed by atoms with van der Waals surface area (Å²) >= 11 is 4.18. The maximum Gasteiger partial charge on any atom is 0.326 e. The van der Waals surface area contributed by atoms with Gasteiger partial charge in [0.25, 0.3) is 0 Å². The summed E-state index contributed by atoms with van der Waals surface area (Å²) < 4.78 is 0. The number of carbonyl (C=O) groups excluding carboxylic acids is 9. The molecule has 2 aliphatic heterocycles. The third-order valence-corrected chi connectivity index (χ3v) is 13.6. The molecule has 13 N–H and O–H groups in total. The summed E-state index contributed by atoms with van der Waals surface area (Å²) in [5.74, 6) is -8.66. The van der Waals surface area contributed by atoms with Crippen LogP contribution in [0.4, 0.5) is 0 Å². The molecule has 4 rings (SSSR count). The lowest BCUT2D eigenvalue weighted by Crippen LogP contribution is -2.61. The molecular formula is C51H78N12O13S. The number of nitrogens with two attached hydrogens (primary N) is 1. The number of benzene rings is 1. The number of aliphatic hydroxyl groups is 1. The van der Waals surface area contributed by atoms with E-state index >= 15 is 0 Å². The Morgan fingerprint density at radius 1 is 0.675 bits per heavy atom. The van der Waals surface area contributed by atoms with Gasteiger partial charge in [-0.15, -0.1) is 0 Å². The van der Waals surface area contributed by atoms with Crippen molar-refractivity contribution in [1.82, 2.24) is 57.0 Å². The van der Waals surface area contributed by atoms with E-state index in [9.17, 15) is 63.3 Å². The first-order chi connectivity index (χ1) is 36.3. The van der Waals surface area contributed by atoms with Crippen LogP contribution in [0.25, 0.3) is 0 Å². The summed E-state index contributed by atoms with van der Waals surface area (Å²) in [7, 11) is 0. The van der Waals surface area contributed by atoms with Crippen molar-refractivity contribution in [2.45, 2.75) is 160 Å². The SMILES string of the molecule is CC(C)C[C@H](NC(=O)[C@@H](N)CC(C)C)C(=O)N1CCC[C@H]1C(=O)N1CCC[C@H]1C(=O)N[C@@H](Cc1ccc(O)cc1)C(=O)N[C@@H](C)C(=O)N[C@@H](CO)C(=O)N[C@@H](CS)C(=O)N[C@@H](Cc1cnc[nH]1)C(=O)N[C@H](C(=O)O)C(C)C. The van der Waals surface area contributed by atoms with Crippen LogP contribution in [0.1, 0.15) is 98.2 Å². The van der Waals surface area contributed by atoms with E-state index in [4.69, 9.17) is 5.73 Å². The molecule has 0 bridgehead atoms. The van der Waals surface area contributed by atoms with Gasteiger partial charge < -0.3 is 73.1 Å². The van der Waals surface area contributed by atoms with Crippen molar-refractivity contribution in [3.8, 4) is 5.75 Å². The van der Waals surface area contributed by atoms with Crippen molar-refractivity contribution in [1.29, 1.82) is 0 Å². The highest BCUT2D eigenvalue weighted by molar-refractivity contribution is 7.80. The van der Waals surface area contributed by atoms with E-state index in [2.05, 4.69) is 59.8 Å². The zero-order valence-electron chi connectivity index (χ0n) is 44.7. The molecule has 426 valence electrons. The first-order valence-corrected chi connectivity index (χ1v) is 26.7. The molecule has 2 saturated heterocycles. The number of aromatic nitrogens is 2. The van der Waals surface area contributed by atoms with E-state index in [1.807, 2.05) is 27.7 Å². The summed E-state index contributed by atoms with van der Waals surface area (Å²) in [6.45, 7) is 11.6. The van der Waals surface area contributed by atoms with Crippen LogP contribution in [-0.2, 0) is 60.8 Å². The van der Waals surface area contributed by atoms with Crippen LogP contribution in [0.3, 0.4) is 0 Å². The van der Waals surface area contributed by atoms with Crippen LogP contribution in [-0.4, -0.2) is 180 Å². The van der Waals surface area contributed by atoms with Crippen LogP contribution >= 0.6 is 12.6 Å². The Morgan fingerprint density at radius 3 is 1.79 bits per heavy atom. The first kappa shape index (κ1) is 62.7. The summed E-state index contributed by atoms with van der Waals surface area (Å²) in [5, 5.41) is 47.5. The van der Waals surface area contributed by atoms with Gasteiger partial charge in [-0.1, -0.05) is 53.7 Å². The normalized spacial score (nSPS) is 18.5. The molecule has 1 aromatic heterocycles. The largest absolute Gasteiger partial charge is 0.508 e. The van der Waals surface area contributed by atoms with Crippen molar-refractivity contribution in [2.24, 2.45) is 23.5 Å². The summed E-state index contributed by atoms with van der Waals surface area (Å²) in [4.78, 5) is 145. The molecule has 1 aromatic carbocycles. The number of nitrogens with one attached hydrogen (secondary N) is 8. The van der Waals surface area contributed by atoms with Crippen LogP contribution in [0.5, 0.6) is 5.75 Å². The third-order valence-electron chi connectivity index (χ3n) is 13.3. The number of imidazole rings is 1. The number of carboxylic acids is 1. The number of aliphatic hydroxyl groups excluding tert-OH is 1. The zero-order chi connectivity index (χ0) is 57.3. The predicted octanol–water partition coefficient (Wildman–Crippen LogP) is -1.62. The Balaban J connectivity index is 1.44. The van der Waals surface area contributed by atoms with Gasteiger partial charge in [-0.25, -0.2) is 9.78 Å². The number of aromatic hydroxyl groups is 1. The first-order valence-electron chi connectivity index (χ1n) is 26.0. The fraction of sp³-hybridized carbons (Fsp3) is 0.627.